The highest BCUT2D eigenvalue weighted by molar-refractivity contribution is 5.73. The molecule has 4 nitrogen and oxygen atoms in total. The normalized spacial score (nSPS) is 12.6. The molecular formula is C12H21N3O. The van der Waals surface area contributed by atoms with Crippen LogP contribution < -0.4 is 11.1 Å². The van der Waals surface area contributed by atoms with E-state index in [2.05, 4.69) is 29.8 Å². The fourth-order valence-corrected chi connectivity index (χ4v) is 1.72. The van der Waals surface area contributed by atoms with Crippen LogP contribution in [0.15, 0.2) is 18.3 Å². The van der Waals surface area contributed by atoms with Crippen LogP contribution in [0.5, 0.6) is 0 Å². The highest BCUT2D eigenvalue weighted by Crippen LogP contribution is 2.13. The molecule has 0 saturated heterocycles. The summed E-state index contributed by atoms with van der Waals surface area (Å²) in [5.41, 5.74) is 6.35. The van der Waals surface area contributed by atoms with E-state index in [1.165, 1.54) is 5.69 Å². The minimum atomic E-state index is -0.256. The van der Waals surface area contributed by atoms with Crippen LogP contribution in [0.2, 0.25) is 0 Å². The summed E-state index contributed by atoms with van der Waals surface area (Å²) in [5, 5.41) is 3.43. The number of carbonyl (C=O) groups excluding carboxylic acids is 1. The van der Waals surface area contributed by atoms with E-state index < -0.39 is 0 Å². The number of amides is 1. The van der Waals surface area contributed by atoms with Gasteiger partial charge in [-0.2, -0.15) is 0 Å². The van der Waals surface area contributed by atoms with Crippen molar-refractivity contribution in [2.45, 2.75) is 39.3 Å². The highest BCUT2D eigenvalue weighted by atomic mass is 16.1. The van der Waals surface area contributed by atoms with Crippen LogP contribution in [0.25, 0.3) is 0 Å². The number of aromatic nitrogens is 1. The summed E-state index contributed by atoms with van der Waals surface area (Å²) in [5.74, 6) is -0.256. The van der Waals surface area contributed by atoms with Gasteiger partial charge in [0.1, 0.15) is 0 Å². The third kappa shape index (κ3) is 3.70. The van der Waals surface area contributed by atoms with Crippen LogP contribution in [0.3, 0.4) is 0 Å². The summed E-state index contributed by atoms with van der Waals surface area (Å²) < 4.78 is 2.08. The minimum Gasteiger partial charge on any atom is -0.370 e. The van der Waals surface area contributed by atoms with Crippen molar-refractivity contribution in [3.8, 4) is 0 Å². The zero-order valence-electron chi connectivity index (χ0n) is 10.1. The van der Waals surface area contributed by atoms with Gasteiger partial charge in [0.15, 0.2) is 0 Å². The number of nitrogens with zero attached hydrogens (tertiary/aromatic N) is 1. The van der Waals surface area contributed by atoms with Crippen molar-refractivity contribution >= 4 is 5.91 Å². The maximum absolute atomic E-state index is 10.7. The SMILES string of the molecule is CCCNC(C)c1cccn1CCC(N)=O. The molecule has 1 unspecified atom stereocenters. The molecule has 1 atom stereocenters. The van der Waals surface area contributed by atoms with Gasteiger partial charge in [-0.05, 0) is 32.0 Å². The van der Waals surface area contributed by atoms with Gasteiger partial charge in [0.05, 0.1) is 0 Å². The summed E-state index contributed by atoms with van der Waals surface area (Å²) in [6, 6.07) is 4.39. The van der Waals surface area contributed by atoms with Crippen LogP contribution in [0.4, 0.5) is 0 Å². The first-order valence-corrected chi connectivity index (χ1v) is 5.82. The number of nitrogens with one attached hydrogen (secondary N) is 1. The van der Waals surface area contributed by atoms with Gasteiger partial charge in [0, 0.05) is 30.9 Å². The van der Waals surface area contributed by atoms with Gasteiger partial charge >= 0.3 is 0 Å². The van der Waals surface area contributed by atoms with E-state index in [4.69, 9.17) is 5.73 Å². The molecule has 0 aromatic carbocycles. The molecule has 0 bridgehead atoms. The Labute approximate surface area is 96.8 Å². The summed E-state index contributed by atoms with van der Waals surface area (Å²) >= 11 is 0. The Hall–Kier alpha value is -1.29. The number of primary amides is 1. The van der Waals surface area contributed by atoms with Gasteiger partial charge < -0.3 is 15.6 Å². The van der Waals surface area contributed by atoms with Crippen molar-refractivity contribution in [1.82, 2.24) is 9.88 Å². The van der Waals surface area contributed by atoms with E-state index >= 15 is 0 Å². The van der Waals surface area contributed by atoms with E-state index in [0.717, 1.165) is 13.0 Å². The van der Waals surface area contributed by atoms with Crippen molar-refractivity contribution in [2.75, 3.05) is 6.54 Å². The lowest BCUT2D eigenvalue weighted by atomic mass is 10.2. The maximum Gasteiger partial charge on any atom is 0.219 e. The number of carbonyl (C=O) groups is 1. The van der Waals surface area contributed by atoms with Gasteiger partial charge in [-0.25, -0.2) is 0 Å². The van der Waals surface area contributed by atoms with Crippen LogP contribution in [0.1, 0.15) is 38.4 Å². The summed E-state index contributed by atoms with van der Waals surface area (Å²) in [4.78, 5) is 10.7. The van der Waals surface area contributed by atoms with E-state index in [9.17, 15) is 4.79 Å². The third-order valence-corrected chi connectivity index (χ3v) is 2.61. The molecule has 0 spiro atoms. The molecule has 1 amide bonds. The summed E-state index contributed by atoms with van der Waals surface area (Å²) in [6.07, 6.45) is 3.50. The molecule has 0 aliphatic heterocycles. The Bertz CT molecular complexity index is 333. The Morgan fingerprint density at radius 3 is 3.00 bits per heavy atom. The van der Waals surface area contributed by atoms with Gasteiger partial charge in [-0.3, -0.25) is 4.79 Å². The molecule has 1 aromatic rings. The fraction of sp³-hybridized carbons (Fsp3) is 0.583. The monoisotopic (exact) mass is 223 g/mol. The zero-order valence-corrected chi connectivity index (χ0v) is 10.1. The van der Waals surface area contributed by atoms with Crippen LogP contribution in [-0.2, 0) is 11.3 Å². The average Bonchev–Trinajstić information content (AvgIpc) is 2.71. The minimum absolute atomic E-state index is 0.256. The Morgan fingerprint density at radius 1 is 1.62 bits per heavy atom. The number of hydrogen-bond donors (Lipinski definition) is 2. The van der Waals surface area contributed by atoms with Crippen molar-refractivity contribution in [3.63, 3.8) is 0 Å². The molecule has 3 N–H and O–H groups in total. The van der Waals surface area contributed by atoms with Crippen molar-refractivity contribution < 1.29 is 4.79 Å². The van der Waals surface area contributed by atoms with E-state index in [1.54, 1.807) is 0 Å². The molecule has 0 radical (unpaired) electrons. The second-order valence-corrected chi connectivity index (χ2v) is 4.02. The standard InChI is InChI=1S/C12H21N3O/c1-3-7-14-10(2)11-5-4-8-15(11)9-6-12(13)16/h4-5,8,10,14H,3,6-7,9H2,1-2H3,(H2,13,16). The van der Waals surface area contributed by atoms with E-state index in [0.29, 0.717) is 19.0 Å². The van der Waals surface area contributed by atoms with Crippen LogP contribution in [0, 0.1) is 0 Å². The molecule has 0 saturated carbocycles. The van der Waals surface area contributed by atoms with Gasteiger partial charge in [0.2, 0.25) is 5.91 Å². The van der Waals surface area contributed by atoms with Crippen LogP contribution in [-0.4, -0.2) is 17.0 Å². The maximum atomic E-state index is 10.7. The fourth-order valence-electron chi connectivity index (χ4n) is 1.72. The van der Waals surface area contributed by atoms with Crippen LogP contribution >= 0.6 is 0 Å². The largest absolute Gasteiger partial charge is 0.370 e. The molecule has 1 heterocycles. The topological polar surface area (TPSA) is 60.1 Å². The third-order valence-electron chi connectivity index (χ3n) is 2.61. The molecule has 0 aliphatic carbocycles. The first kappa shape index (κ1) is 12.8. The predicted octanol–water partition coefficient (Wildman–Crippen LogP) is 1.42. The second-order valence-electron chi connectivity index (χ2n) is 4.02. The molecule has 0 fully saturated rings. The van der Waals surface area contributed by atoms with E-state index in [1.807, 2.05) is 12.3 Å². The second kappa shape index (κ2) is 6.33. The number of aryl methyl sites for hydroxylation is 1. The van der Waals surface area contributed by atoms with Gasteiger partial charge in [-0.15, -0.1) is 0 Å². The lowest BCUT2D eigenvalue weighted by molar-refractivity contribution is -0.118. The highest BCUT2D eigenvalue weighted by Gasteiger charge is 2.09. The first-order valence-electron chi connectivity index (χ1n) is 5.82. The van der Waals surface area contributed by atoms with Crippen molar-refractivity contribution in [1.29, 1.82) is 0 Å². The molecule has 4 heteroatoms. The zero-order chi connectivity index (χ0) is 12.0. The Balaban J connectivity index is 2.58. The van der Waals surface area contributed by atoms with E-state index in [-0.39, 0.29) is 5.91 Å². The lowest BCUT2D eigenvalue weighted by Crippen LogP contribution is -2.22. The predicted molar refractivity (Wildman–Crippen MR) is 65.0 cm³/mol. The molecule has 90 valence electrons. The average molecular weight is 223 g/mol. The number of hydrogen-bond acceptors (Lipinski definition) is 2. The molecule has 0 aliphatic rings. The smallest absolute Gasteiger partial charge is 0.219 e. The first-order chi connectivity index (χ1) is 7.65. The molecule has 1 rings (SSSR count). The quantitative estimate of drug-likeness (QED) is 0.734. The van der Waals surface area contributed by atoms with Gasteiger partial charge in [0.25, 0.3) is 0 Å². The number of nitrogens with two attached hydrogens (primary N) is 1. The lowest BCUT2D eigenvalue weighted by Gasteiger charge is -2.16. The number of rotatable bonds is 7. The molecular weight excluding hydrogens is 202 g/mol. The molecule has 1 aromatic heterocycles. The Kier molecular flexibility index (Phi) is 5.05. The van der Waals surface area contributed by atoms with Crippen molar-refractivity contribution in [3.05, 3.63) is 24.0 Å². The summed E-state index contributed by atoms with van der Waals surface area (Å²) in [6.45, 7) is 5.94. The van der Waals surface area contributed by atoms with Gasteiger partial charge in [-0.1, -0.05) is 6.92 Å². The summed E-state index contributed by atoms with van der Waals surface area (Å²) in [7, 11) is 0. The Morgan fingerprint density at radius 2 is 2.38 bits per heavy atom. The van der Waals surface area contributed by atoms with Crippen molar-refractivity contribution in [2.24, 2.45) is 5.73 Å². The molecule has 16 heavy (non-hydrogen) atoms.